The molecule has 0 spiro atoms. The molecule has 0 aliphatic carbocycles. The van der Waals surface area contributed by atoms with Crippen LogP contribution in [0.1, 0.15) is 43.0 Å². The van der Waals surface area contributed by atoms with Gasteiger partial charge in [0.05, 0.1) is 12.3 Å². The minimum atomic E-state index is 0.164. The molecular weight excluding hydrogens is 314 g/mol. The zero-order valence-electron chi connectivity index (χ0n) is 15.1. The highest BCUT2D eigenvalue weighted by molar-refractivity contribution is 5.77. The Labute approximate surface area is 149 Å². The van der Waals surface area contributed by atoms with Gasteiger partial charge in [-0.2, -0.15) is 5.10 Å². The van der Waals surface area contributed by atoms with Crippen LogP contribution in [-0.2, 0) is 29.0 Å². The van der Waals surface area contributed by atoms with Crippen molar-refractivity contribution in [3.63, 3.8) is 0 Å². The predicted molar refractivity (Wildman–Crippen MR) is 97.3 cm³/mol. The van der Waals surface area contributed by atoms with Crippen molar-refractivity contribution in [2.75, 3.05) is 19.8 Å². The number of nitrogens with zero attached hydrogens (tertiary/aromatic N) is 3. The van der Waals surface area contributed by atoms with Crippen LogP contribution in [0, 0.1) is 0 Å². The topological polar surface area (TPSA) is 47.4 Å². The Balaban J connectivity index is 1.68. The Bertz CT molecular complexity index is 696. The lowest BCUT2D eigenvalue weighted by Crippen LogP contribution is -2.39. The number of hydrogen-bond acceptors (Lipinski definition) is 3. The van der Waals surface area contributed by atoms with Crippen LogP contribution in [-0.4, -0.2) is 40.3 Å². The van der Waals surface area contributed by atoms with E-state index in [0.717, 1.165) is 24.2 Å². The number of aryl methyl sites for hydroxylation is 2. The fraction of sp³-hybridized carbons (Fsp3) is 0.500. The second kappa shape index (κ2) is 8.30. The minimum absolute atomic E-state index is 0.164. The Morgan fingerprint density at radius 1 is 1.28 bits per heavy atom. The van der Waals surface area contributed by atoms with Crippen molar-refractivity contribution in [1.29, 1.82) is 0 Å². The van der Waals surface area contributed by atoms with Gasteiger partial charge in [0, 0.05) is 50.3 Å². The SMILES string of the molecule is CCOC[C@@H]1CN(C(=O)CCc2ccccc2)Cc2cn(CC)nc21. The summed E-state index contributed by atoms with van der Waals surface area (Å²) >= 11 is 0. The third kappa shape index (κ3) is 4.28. The van der Waals surface area contributed by atoms with Crippen LogP contribution in [0.25, 0.3) is 0 Å². The molecule has 2 aromatic rings. The van der Waals surface area contributed by atoms with E-state index in [1.54, 1.807) is 0 Å². The summed E-state index contributed by atoms with van der Waals surface area (Å²) in [5.74, 6) is 0.373. The molecule has 1 atom stereocenters. The van der Waals surface area contributed by atoms with Gasteiger partial charge in [0.15, 0.2) is 0 Å². The van der Waals surface area contributed by atoms with E-state index in [2.05, 4.69) is 30.4 Å². The molecule has 0 radical (unpaired) electrons. The molecule has 0 N–H and O–H groups in total. The molecule has 5 nitrogen and oxygen atoms in total. The molecule has 3 rings (SSSR count). The van der Waals surface area contributed by atoms with Crippen LogP contribution in [0.4, 0.5) is 0 Å². The Morgan fingerprint density at radius 3 is 2.80 bits per heavy atom. The molecule has 0 fully saturated rings. The van der Waals surface area contributed by atoms with Crippen LogP contribution >= 0.6 is 0 Å². The van der Waals surface area contributed by atoms with Crippen LogP contribution < -0.4 is 0 Å². The van der Waals surface area contributed by atoms with Gasteiger partial charge in [0.25, 0.3) is 0 Å². The summed E-state index contributed by atoms with van der Waals surface area (Å²) in [4.78, 5) is 14.7. The number of carbonyl (C=O) groups is 1. The second-order valence-corrected chi connectivity index (χ2v) is 6.51. The van der Waals surface area contributed by atoms with E-state index in [1.165, 1.54) is 5.56 Å². The number of aromatic nitrogens is 2. The largest absolute Gasteiger partial charge is 0.381 e. The number of amides is 1. The molecule has 1 amide bonds. The van der Waals surface area contributed by atoms with Gasteiger partial charge in [0.2, 0.25) is 5.91 Å². The fourth-order valence-corrected chi connectivity index (χ4v) is 3.36. The summed E-state index contributed by atoms with van der Waals surface area (Å²) in [5.41, 5.74) is 3.46. The van der Waals surface area contributed by atoms with Crippen molar-refractivity contribution in [3.05, 3.63) is 53.3 Å². The van der Waals surface area contributed by atoms with Gasteiger partial charge < -0.3 is 9.64 Å². The standard InChI is InChI=1S/C20H27N3O2/c1-3-23-14-17-12-22(13-18(15-25-4-2)20(17)21-23)19(24)11-10-16-8-6-5-7-9-16/h5-9,14,18H,3-4,10-13,15H2,1-2H3/t18-/m0/s1. The van der Waals surface area contributed by atoms with E-state index in [0.29, 0.717) is 32.7 Å². The fourth-order valence-electron chi connectivity index (χ4n) is 3.36. The molecule has 1 aromatic carbocycles. The first kappa shape index (κ1) is 17.7. The highest BCUT2D eigenvalue weighted by Gasteiger charge is 2.30. The summed E-state index contributed by atoms with van der Waals surface area (Å²) < 4.78 is 7.60. The lowest BCUT2D eigenvalue weighted by molar-refractivity contribution is -0.132. The normalized spacial score (nSPS) is 16.7. The summed E-state index contributed by atoms with van der Waals surface area (Å²) in [6.45, 7) is 7.58. The zero-order chi connectivity index (χ0) is 17.6. The van der Waals surface area contributed by atoms with Gasteiger partial charge >= 0.3 is 0 Å². The smallest absolute Gasteiger partial charge is 0.223 e. The first-order valence-electron chi connectivity index (χ1n) is 9.16. The molecule has 0 saturated heterocycles. The summed E-state index contributed by atoms with van der Waals surface area (Å²) in [6, 6.07) is 10.2. The summed E-state index contributed by atoms with van der Waals surface area (Å²) in [6.07, 6.45) is 3.40. The number of rotatable bonds is 7. The molecule has 0 bridgehead atoms. The monoisotopic (exact) mass is 341 g/mol. The van der Waals surface area contributed by atoms with Crippen LogP contribution in [0.5, 0.6) is 0 Å². The zero-order valence-corrected chi connectivity index (χ0v) is 15.1. The quantitative estimate of drug-likeness (QED) is 0.778. The molecule has 134 valence electrons. The van der Waals surface area contributed by atoms with Crippen LogP contribution in [0.15, 0.2) is 36.5 Å². The van der Waals surface area contributed by atoms with Crippen molar-refractivity contribution >= 4 is 5.91 Å². The average Bonchev–Trinajstić information content (AvgIpc) is 3.08. The van der Waals surface area contributed by atoms with E-state index < -0.39 is 0 Å². The highest BCUT2D eigenvalue weighted by atomic mass is 16.5. The molecule has 1 aromatic heterocycles. The summed E-state index contributed by atoms with van der Waals surface area (Å²) in [5, 5.41) is 4.69. The van der Waals surface area contributed by atoms with E-state index in [1.807, 2.05) is 34.7 Å². The van der Waals surface area contributed by atoms with E-state index in [-0.39, 0.29) is 11.8 Å². The van der Waals surface area contributed by atoms with Gasteiger partial charge in [-0.3, -0.25) is 9.48 Å². The molecule has 0 unspecified atom stereocenters. The number of carbonyl (C=O) groups excluding carboxylic acids is 1. The predicted octanol–water partition coefficient (Wildman–Crippen LogP) is 3.00. The number of hydrogen-bond donors (Lipinski definition) is 0. The van der Waals surface area contributed by atoms with Crippen molar-refractivity contribution in [1.82, 2.24) is 14.7 Å². The molecule has 2 heterocycles. The maximum atomic E-state index is 12.7. The van der Waals surface area contributed by atoms with Gasteiger partial charge in [0.1, 0.15) is 0 Å². The van der Waals surface area contributed by atoms with E-state index in [9.17, 15) is 4.79 Å². The third-order valence-electron chi connectivity index (χ3n) is 4.73. The van der Waals surface area contributed by atoms with E-state index >= 15 is 0 Å². The molecule has 1 aliphatic rings. The molecule has 1 aliphatic heterocycles. The van der Waals surface area contributed by atoms with Crippen molar-refractivity contribution in [2.24, 2.45) is 0 Å². The third-order valence-corrected chi connectivity index (χ3v) is 4.73. The van der Waals surface area contributed by atoms with Crippen LogP contribution in [0.3, 0.4) is 0 Å². The van der Waals surface area contributed by atoms with Crippen molar-refractivity contribution in [2.45, 2.75) is 45.7 Å². The average molecular weight is 341 g/mol. The number of benzene rings is 1. The van der Waals surface area contributed by atoms with Gasteiger partial charge in [-0.25, -0.2) is 0 Å². The van der Waals surface area contributed by atoms with Gasteiger partial charge in [-0.15, -0.1) is 0 Å². The minimum Gasteiger partial charge on any atom is -0.381 e. The summed E-state index contributed by atoms with van der Waals surface area (Å²) in [7, 11) is 0. The molecular formula is C20H27N3O2. The number of ether oxygens (including phenoxy) is 1. The first-order chi connectivity index (χ1) is 12.2. The maximum absolute atomic E-state index is 12.7. The van der Waals surface area contributed by atoms with Gasteiger partial charge in [-0.05, 0) is 25.8 Å². The van der Waals surface area contributed by atoms with Gasteiger partial charge in [-0.1, -0.05) is 30.3 Å². The maximum Gasteiger partial charge on any atom is 0.223 e. The molecule has 25 heavy (non-hydrogen) atoms. The first-order valence-corrected chi connectivity index (χ1v) is 9.16. The van der Waals surface area contributed by atoms with Crippen molar-refractivity contribution in [3.8, 4) is 0 Å². The molecule has 5 heteroatoms. The Morgan fingerprint density at radius 2 is 2.08 bits per heavy atom. The van der Waals surface area contributed by atoms with E-state index in [4.69, 9.17) is 4.74 Å². The Hall–Kier alpha value is -2.14. The second-order valence-electron chi connectivity index (χ2n) is 6.51. The Kier molecular flexibility index (Phi) is 5.87. The van der Waals surface area contributed by atoms with Crippen molar-refractivity contribution < 1.29 is 9.53 Å². The lowest BCUT2D eigenvalue weighted by Gasteiger charge is -2.32. The van der Waals surface area contributed by atoms with Crippen LogP contribution in [0.2, 0.25) is 0 Å². The molecule has 0 saturated carbocycles. The number of fused-ring (bicyclic) bond motifs is 1. The lowest BCUT2D eigenvalue weighted by atomic mass is 9.96. The highest BCUT2D eigenvalue weighted by Crippen LogP contribution is 2.28.